The van der Waals surface area contributed by atoms with Gasteiger partial charge in [-0.05, 0) is 26.2 Å². The Morgan fingerprint density at radius 1 is 1.05 bits per heavy atom. The lowest BCUT2D eigenvalue weighted by Gasteiger charge is -2.16. The smallest absolute Gasteiger partial charge is 0.135 e. The highest BCUT2D eigenvalue weighted by Gasteiger charge is 2.12. The first-order valence-electron chi connectivity index (χ1n) is 7.57. The SMILES string of the molecule is CCCNc1nc(C(C)C)nc(NCCCCO)c1C. The number of aliphatic hydroxyl groups excluding tert-OH is 1. The predicted molar refractivity (Wildman–Crippen MR) is 84.4 cm³/mol. The maximum Gasteiger partial charge on any atom is 0.135 e. The minimum atomic E-state index is 0.241. The molecule has 0 atom stereocenters. The van der Waals surface area contributed by atoms with Crippen LogP contribution in [0.5, 0.6) is 0 Å². The van der Waals surface area contributed by atoms with Crippen molar-refractivity contribution in [1.29, 1.82) is 0 Å². The van der Waals surface area contributed by atoms with Gasteiger partial charge in [0.25, 0.3) is 0 Å². The maximum atomic E-state index is 8.81. The summed E-state index contributed by atoms with van der Waals surface area (Å²) in [6, 6.07) is 0. The number of hydrogen-bond donors (Lipinski definition) is 3. The van der Waals surface area contributed by atoms with Crippen molar-refractivity contribution < 1.29 is 5.11 Å². The van der Waals surface area contributed by atoms with Crippen LogP contribution in [0.3, 0.4) is 0 Å². The first-order chi connectivity index (χ1) is 9.60. The highest BCUT2D eigenvalue weighted by molar-refractivity contribution is 5.57. The maximum absolute atomic E-state index is 8.81. The minimum absolute atomic E-state index is 0.241. The van der Waals surface area contributed by atoms with Crippen LogP contribution in [0.1, 0.15) is 57.3 Å². The Balaban J connectivity index is 2.86. The molecule has 114 valence electrons. The van der Waals surface area contributed by atoms with Gasteiger partial charge >= 0.3 is 0 Å². The van der Waals surface area contributed by atoms with Gasteiger partial charge in [-0.25, -0.2) is 9.97 Å². The Kier molecular flexibility index (Phi) is 7.30. The molecule has 3 N–H and O–H groups in total. The van der Waals surface area contributed by atoms with Gasteiger partial charge in [-0.15, -0.1) is 0 Å². The summed E-state index contributed by atoms with van der Waals surface area (Å²) in [5, 5.41) is 15.5. The Hall–Kier alpha value is -1.36. The van der Waals surface area contributed by atoms with Crippen LogP contribution >= 0.6 is 0 Å². The molecular weight excluding hydrogens is 252 g/mol. The summed E-state index contributed by atoms with van der Waals surface area (Å²) < 4.78 is 0. The van der Waals surface area contributed by atoms with E-state index in [1.807, 2.05) is 6.92 Å². The zero-order valence-corrected chi connectivity index (χ0v) is 13.2. The number of nitrogens with one attached hydrogen (secondary N) is 2. The predicted octanol–water partition coefficient (Wildman–Crippen LogP) is 2.91. The molecule has 0 aromatic carbocycles. The van der Waals surface area contributed by atoms with Gasteiger partial charge in [-0.2, -0.15) is 0 Å². The standard InChI is InChI=1S/C15H28N4O/c1-5-8-16-14-12(4)15(17-9-6-7-10-20)19-13(18-14)11(2)3/h11,20H,5-10H2,1-4H3,(H2,16,17,18,19). The second kappa shape index (κ2) is 8.74. The van der Waals surface area contributed by atoms with E-state index in [1.165, 1.54) is 0 Å². The molecule has 0 aliphatic heterocycles. The number of rotatable bonds is 9. The van der Waals surface area contributed by atoms with Gasteiger partial charge in [0, 0.05) is 31.2 Å². The number of nitrogens with zero attached hydrogens (tertiary/aromatic N) is 2. The first-order valence-corrected chi connectivity index (χ1v) is 7.57. The number of aromatic nitrogens is 2. The van der Waals surface area contributed by atoms with Gasteiger partial charge in [0.1, 0.15) is 17.5 Å². The Labute approximate surface area is 122 Å². The fraction of sp³-hybridized carbons (Fsp3) is 0.733. The highest BCUT2D eigenvalue weighted by atomic mass is 16.2. The molecule has 0 bridgehead atoms. The molecule has 0 aliphatic rings. The van der Waals surface area contributed by atoms with Crippen LogP contribution in [0.25, 0.3) is 0 Å². The minimum Gasteiger partial charge on any atom is -0.396 e. The molecule has 0 saturated heterocycles. The van der Waals surface area contributed by atoms with Crippen molar-refractivity contribution >= 4 is 11.6 Å². The molecule has 1 aromatic heterocycles. The summed E-state index contributed by atoms with van der Waals surface area (Å²) >= 11 is 0. The molecule has 0 saturated carbocycles. The normalized spacial score (nSPS) is 10.9. The van der Waals surface area contributed by atoms with Crippen molar-refractivity contribution in [2.24, 2.45) is 0 Å². The van der Waals surface area contributed by atoms with Crippen molar-refractivity contribution in [3.63, 3.8) is 0 Å². The molecule has 1 rings (SSSR count). The Bertz CT molecular complexity index is 407. The van der Waals surface area contributed by atoms with Crippen molar-refractivity contribution in [2.75, 3.05) is 30.3 Å². The molecule has 0 fully saturated rings. The zero-order chi connectivity index (χ0) is 15.0. The molecule has 0 radical (unpaired) electrons. The van der Waals surface area contributed by atoms with Crippen molar-refractivity contribution in [3.8, 4) is 0 Å². The monoisotopic (exact) mass is 280 g/mol. The third kappa shape index (κ3) is 4.96. The van der Waals surface area contributed by atoms with Crippen LogP contribution in [0.2, 0.25) is 0 Å². The van der Waals surface area contributed by atoms with Crippen LogP contribution < -0.4 is 10.6 Å². The lowest BCUT2D eigenvalue weighted by molar-refractivity contribution is 0.286. The molecule has 0 spiro atoms. The topological polar surface area (TPSA) is 70.1 Å². The zero-order valence-electron chi connectivity index (χ0n) is 13.2. The number of anilines is 2. The molecule has 1 heterocycles. The van der Waals surface area contributed by atoms with E-state index >= 15 is 0 Å². The molecule has 20 heavy (non-hydrogen) atoms. The average Bonchev–Trinajstić information content (AvgIpc) is 2.43. The number of unbranched alkanes of at least 4 members (excludes halogenated alkanes) is 1. The van der Waals surface area contributed by atoms with Crippen LogP contribution in [0, 0.1) is 6.92 Å². The van der Waals surface area contributed by atoms with E-state index in [0.717, 1.165) is 55.4 Å². The van der Waals surface area contributed by atoms with E-state index in [0.29, 0.717) is 5.92 Å². The van der Waals surface area contributed by atoms with Gasteiger partial charge in [-0.3, -0.25) is 0 Å². The Morgan fingerprint density at radius 3 is 2.15 bits per heavy atom. The van der Waals surface area contributed by atoms with Crippen LogP contribution in [-0.2, 0) is 0 Å². The summed E-state index contributed by atoms with van der Waals surface area (Å²) in [4.78, 5) is 9.23. The van der Waals surface area contributed by atoms with Gasteiger partial charge in [-0.1, -0.05) is 20.8 Å². The lowest BCUT2D eigenvalue weighted by Crippen LogP contribution is -2.13. The Morgan fingerprint density at radius 2 is 1.65 bits per heavy atom. The van der Waals surface area contributed by atoms with Crippen molar-refractivity contribution in [3.05, 3.63) is 11.4 Å². The van der Waals surface area contributed by atoms with Crippen molar-refractivity contribution in [2.45, 2.75) is 52.9 Å². The third-order valence-electron chi connectivity index (χ3n) is 3.10. The van der Waals surface area contributed by atoms with Crippen LogP contribution in [-0.4, -0.2) is 34.8 Å². The van der Waals surface area contributed by atoms with Crippen LogP contribution in [0.15, 0.2) is 0 Å². The van der Waals surface area contributed by atoms with E-state index in [1.54, 1.807) is 0 Å². The molecule has 0 amide bonds. The quantitative estimate of drug-likeness (QED) is 0.607. The molecule has 1 aromatic rings. The molecule has 5 nitrogen and oxygen atoms in total. The summed E-state index contributed by atoms with van der Waals surface area (Å²) in [5.74, 6) is 2.99. The van der Waals surface area contributed by atoms with Gasteiger partial charge in [0.2, 0.25) is 0 Å². The summed E-state index contributed by atoms with van der Waals surface area (Å²) in [6.07, 6.45) is 2.82. The first kappa shape index (κ1) is 16.7. The van der Waals surface area contributed by atoms with E-state index in [4.69, 9.17) is 5.11 Å². The molecular formula is C15H28N4O. The van der Waals surface area contributed by atoms with Gasteiger partial charge in [0.15, 0.2) is 0 Å². The molecule has 0 unspecified atom stereocenters. The second-order valence-corrected chi connectivity index (χ2v) is 5.34. The van der Waals surface area contributed by atoms with E-state index < -0.39 is 0 Å². The third-order valence-corrected chi connectivity index (χ3v) is 3.10. The molecule has 0 aliphatic carbocycles. The highest BCUT2D eigenvalue weighted by Crippen LogP contribution is 2.23. The van der Waals surface area contributed by atoms with E-state index in [9.17, 15) is 0 Å². The summed E-state index contributed by atoms with van der Waals surface area (Å²) in [6.45, 7) is 10.4. The molecule has 5 heteroatoms. The summed E-state index contributed by atoms with van der Waals surface area (Å²) in [5.41, 5.74) is 1.06. The van der Waals surface area contributed by atoms with E-state index in [-0.39, 0.29) is 6.61 Å². The van der Waals surface area contributed by atoms with Gasteiger partial charge < -0.3 is 15.7 Å². The average molecular weight is 280 g/mol. The second-order valence-electron chi connectivity index (χ2n) is 5.34. The lowest BCUT2D eigenvalue weighted by atomic mass is 10.2. The largest absolute Gasteiger partial charge is 0.396 e. The fourth-order valence-electron chi connectivity index (χ4n) is 1.82. The number of aliphatic hydroxyl groups is 1. The van der Waals surface area contributed by atoms with E-state index in [2.05, 4.69) is 41.4 Å². The van der Waals surface area contributed by atoms with Crippen LogP contribution in [0.4, 0.5) is 11.6 Å². The van der Waals surface area contributed by atoms with Crippen molar-refractivity contribution in [1.82, 2.24) is 9.97 Å². The number of hydrogen-bond acceptors (Lipinski definition) is 5. The van der Waals surface area contributed by atoms with Gasteiger partial charge in [0.05, 0.1) is 0 Å². The fourth-order valence-corrected chi connectivity index (χ4v) is 1.82. The summed E-state index contributed by atoms with van der Waals surface area (Å²) in [7, 11) is 0.